The summed E-state index contributed by atoms with van der Waals surface area (Å²) in [5, 5.41) is 11.8. The Hall–Kier alpha value is -1.34. The van der Waals surface area contributed by atoms with Gasteiger partial charge < -0.3 is 9.94 Å². The van der Waals surface area contributed by atoms with E-state index in [0.29, 0.717) is 16.3 Å². The molecule has 104 valence electrons. The molecule has 3 nitrogen and oxygen atoms in total. The van der Waals surface area contributed by atoms with Gasteiger partial charge in [-0.3, -0.25) is 0 Å². The maximum atomic E-state index is 12.9. The normalized spacial score (nSPS) is 10.9. The highest BCUT2D eigenvalue weighted by Crippen LogP contribution is 2.24. The molecule has 0 unspecified atom stereocenters. The van der Waals surface area contributed by atoms with E-state index in [2.05, 4.69) is 27.7 Å². The van der Waals surface area contributed by atoms with Crippen molar-refractivity contribution >= 4 is 40.4 Å². The van der Waals surface area contributed by atoms with Crippen molar-refractivity contribution in [3.8, 4) is 5.75 Å². The van der Waals surface area contributed by atoms with Crippen LogP contribution in [0, 0.1) is 9.39 Å². The van der Waals surface area contributed by atoms with Crippen LogP contribution in [0.1, 0.15) is 11.1 Å². The Labute approximate surface area is 134 Å². The van der Waals surface area contributed by atoms with Gasteiger partial charge in [0.25, 0.3) is 0 Å². The van der Waals surface area contributed by atoms with E-state index in [1.54, 1.807) is 18.2 Å². The third-order valence-electron chi connectivity index (χ3n) is 2.56. The van der Waals surface area contributed by atoms with Gasteiger partial charge in [-0.2, -0.15) is 0 Å². The van der Waals surface area contributed by atoms with Crippen molar-refractivity contribution in [3.63, 3.8) is 0 Å². The fourth-order valence-corrected chi connectivity index (χ4v) is 2.49. The minimum Gasteiger partial charge on any atom is -0.488 e. The third kappa shape index (κ3) is 3.83. The number of halogens is 3. The molecule has 0 aliphatic rings. The first-order chi connectivity index (χ1) is 9.60. The molecule has 2 aromatic rings. The number of hydrogen-bond donors (Lipinski definition) is 1. The molecular weight excluding hydrogens is 396 g/mol. The van der Waals surface area contributed by atoms with E-state index in [4.69, 9.17) is 21.5 Å². The highest BCUT2D eigenvalue weighted by Gasteiger charge is 2.06. The smallest absolute Gasteiger partial charge is 0.133 e. The summed E-state index contributed by atoms with van der Waals surface area (Å²) < 4.78 is 19.5. The SMILES string of the molecule is O/N=C/c1ccc(OCc2ccc(F)cc2Cl)c(I)c1. The average Bonchev–Trinajstić information content (AvgIpc) is 2.40. The van der Waals surface area contributed by atoms with Crippen molar-refractivity contribution in [2.75, 3.05) is 0 Å². The van der Waals surface area contributed by atoms with Gasteiger partial charge >= 0.3 is 0 Å². The van der Waals surface area contributed by atoms with Crippen LogP contribution in [0.3, 0.4) is 0 Å². The third-order valence-corrected chi connectivity index (χ3v) is 3.76. The molecule has 0 spiro atoms. The quantitative estimate of drug-likeness (QED) is 0.353. The van der Waals surface area contributed by atoms with Crippen LogP contribution >= 0.6 is 34.2 Å². The standard InChI is InChI=1S/C14H10ClFINO2/c15-12-6-11(16)3-2-10(12)8-20-14-4-1-9(7-18-19)5-13(14)17/h1-7,19H,8H2/b18-7+. The molecule has 0 aliphatic carbocycles. The molecule has 0 saturated carbocycles. The molecule has 0 atom stereocenters. The summed E-state index contributed by atoms with van der Waals surface area (Å²) >= 11 is 8.06. The van der Waals surface area contributed by atoms with Crippen LogP contribution < -0.4 is 4.74 Å². The molecule has 0 fully saturated rings. The fraction of sp³-hybridized carbons (Fsp3) is 0.0714. The van der Waals surface area contributed by atoms with Gasteiger partial charge in [-0.15, -0.1) is 0 Å². The lowest BCUT2D eigenvalue weighted by Crippen LogP contribution is -1.98. The van der Waals surface area contributed by atoms with Gasteiger partial charge in [-0.1, -0.05) is 22.8 Å². The molecule has 2 rings (SSSR count). The zero-order valence-electron chi connectivity index (χ0n) is 10.2. The summed E-state index contributed by atoms with van der Waals surface area (Å²) in [6.45, 7) is 0.253. The molecule has 0 saturated heterocycles. The minimum atomic E-state index is -0.374. The van der Waals surface area contributed by atoms with Crippen molar-refractivity contribution in [1.82, 2.24) is 0 Å². The maximum absolute atomic E-state index is 12.9. The van der Waals surface area contributed by atoms with Gasteiger partial charge in [-0.05, 0) is 58.5 Å². The number of oxime groups is 1. The van der Waals surface area contributed by atoms with Crippen LogP contribution in [0.4, 0.5) is 4.39 Å². The summed E-state index contributed by atoms with van der Waals surface area (Å²) in [5.41, 5.74) is 1.48. The number of nitrogens with zero attached hydrogens (tertiary/aromatic N) is 1. The Balaban J connectivity index is 2.11. The van der Waals surface area contributed by atoms with Crippen LogP contribution in [-0.2, 0) is 6.61 Å². The van der Waals surface area contributed by atoms with E-state index >= 15 is 0 Å². The molecule has 0 radical (unpaired) electrons. The van der Waals surface area contributed by atoms with Gasteiger partial charge in [0.15, 0.2) is 0 Å². The highest BCUT2D eigenvalue weighted by molar-refractivity contribution is 14.1. The number of benzene rings is 2. The molecule has 2 aromatic carbocycles. The van der Waals surface area contributed by atoms with E-state index in [0.717, 1.165) is 9.13 Å². The van der Waals surface area contributed by atoms with E-state index in [1.165, 1.54) is 18.3 Å². The molecule has 20 heavy (non-hydrogen) atoms. The first-order valence-corrected chi connectivity index (χ1v) is 7.09. The molecule has 1 N–H and O–H groups in total. The summed E-state index contributed by atoms with van der Waals surface area (Å²) in [4.78, 5) is 0. The summed E-state index contributed by atoms with van der Waals surface area (Å²) in [7, 11) is 0. The fourth-order valence-electron chi connectivity index (χ4n) is 1.58. The molecule has 0 bridgehead atoms. The zero-order valence-corrected chi connectivity index (χ0v) is 13.1. The van der Waals surface area contributed by atoms with Crippen molar-refractivity contribution in [3.05, 3.63) is 61.9 Å². The Morgan fingerprint density at radius 1 is 1.30 bits per heavy atom. The topological polar surface area (TPSA) is 41.8 Å². The predicted molar refractivity (Wildman–Crippen MR) is 84.3 cm³/mol. The Kier molecular flexibility index (Phi) is 5.19. The lowest BCUT2D eigenvalue weighted by molar-refractivity contribution is 0.304. The second kappa shape index (κ2) is 6.90. The van der Waals surface area contributed by atoms with Crippen molar-refractivity contribution in [2.24, 2.45) is 5.16 Å². The Morgan fingerprint density at radius 3 is 2.75 bits per heavy atom. The molecule has 0 heterocycles. The highest BCUT2D eigenvalue weighted by atomic mass is 127. The number of hydrogen-bond acceptors (Lipinski definition) is 3. The van der Waals surface area contributed by atoms with E-state index in [1.807, 2.05) is 6.07 Å². The first kappa shape index (κ1) is 15.1. The Bertz CT molecular complexity index is 649. The van der Waals surface area contributed by atoms with E-state index < -0.39 is 0 Å². The molecule has 0 amide bonds. The van der Waals surface area contributed by atoms with E-state index in [-0.39, 0.29) is 12.4 Å². The summed E-state index contributed by atoms with van der Waals surface area (Å²) in [6, 6.07) is 9.56. The molecule has 6 heteroatoms. The van der Waals surface area contributed by atoms with Crippen LogP contribution in [0.25, 0.3) is 0 Å². The second-order valence-electron chi connectivity index (χ2n) is 3.96. The largest absolute Gasteiger partial charge is 0.488 e. The Morgan fingerprint density at radius 2 is 2.10 bits per heavy atom. The molecule has 0 aliphatic heterocycles. The van der Waals surface area contributed by atoms with Crippen LogP contribution in [0.15, 0.2) is 41.6 Å². The molecule has 0 aromatic heterocycles. The number of ether oxygens (including phenoxy) is 1. The van der Waals surface area contributed by atoms with Crippen molar-refractivity contribution in [1.29, 1.82) is 0 Å². The van der Waals surface area contributed by atoms with Gasteiger partial charge in [-0.25, -0.2) is 4.39 Å². The first-order valence-electron chi connectivity index (χ1n) is 5.64. The summed E-state index contributed by atoms with van der Waals surface area (Å²) in [5.74, 6) is 0.307. The average molecular weight is 406 g/mol. The predicted octanol–water partition coefficient (Wildman–Crippen LogP) is 4.47. The lowest BCUT2D eigenvalue weighted by Gasteiger charge is -2.10. The van der Waals surface area contributed by atoms with E-state index in [9.17, 15) is 4.39 Å². The second-order valence-corrected chi connectivity index (χ2v) is 5.53. The van der Waals surface area contributed by atoms with Gasteiger partial charge in [0.05, 0.1) is 14.8 Å². The van der Waals surface area contributed by atoms with Crippen molar-refractivity contribution < 1.29 is 14.3 Å². The van der Waals surface area contributed by atoms with Crippen molar-refractivity contribution in [2.45, 2.75) is 6.61 Å². The van der Waals surface area contributed by atoms with Crippen LogP contribution in [-0.4, -0.2) is 11.4 Å². The zero-order chi connectivity index (χ0) is 14.5. The maximum Gasteiger partial charge on any atom is 0.133 e. The van der Waals surface area contributed by atoms with Crippen LogP contribution in [0.2, 0.25) is 5.02 Å². The monoisotopic (exact) mass is 405 g/mol. The van der Waals surface area contributed by atoms with Gasteiger partial charge in [0.2, 0.25) is 0 Å². The molecular formula is C14H10ClFINO2. The van der Waals surface area contributed by atoms with Crippen LogP contribution in [0.5, 0.6) is 5.75 Å². The number of rotatable bonds is 4. The lowest BCUT2D eigenvalue weighted by atomic mass is 10.2. The van der Waals surface area contributed by atoms with Gasteiger partial charge in [0, 0.05) is 5.56 Å². The van der Waals surface area contributed by atoms with Gasteiger partial charge in [0.1, 0.15) is 18.2 Å². The minimum absolute atomic E-state index is 0.253. The summed E-state index contributed by atoms with van der Waals surface area (Å²) in [6.07, 6.45) is 1.34.